The zero-order valence-electron chi connectivity index (χ0n) is 8.94. The molecule has 1 aliphatic heterocycles. The number of hydrogen-bond donors (Lipinski definition) is 1. The normalized spacial score (nSPS) is 15.3. The van der Waals surface area contributed by atoms with Gasteiger partial charge in [-0.3, -0.25) is 14.5 Å². The summed E-state index contributed by atoms with van der Waals surface area (Å²) in [5.74, 6) is -5.55. The molecule has 1 aromatic rings. The lowest BCUT2D eigenvalue weighted by molar-refractivity contribution is -0.121. The minimum atomic E-state index is -1.75. The molecule has 0 saturated carbocycles. The van der Waals surface area contributed by atoms with Gasteiger partial charge in [0.05, 0.1) is 5.69 Å². The number of rotatable bonds is 2. The Labute approximate surface area is 99.6 Å². The van der Waals surface area contributed by atoms with Crippen LogP contribution in [0.4, 0.5) is 14.5 Å². The molecule has 5 nitrogen and oxygen atoms in total. The number of carboxylic acid groups (broad SMARTS) is 1. The average Bonchev–Trinajstić information content (AvgIpc) is 2.56. The van der Waals surface area contributed by atoms with E-state index in [-0.39, 0.29) is 18.5 Å². The third kappa shape index (κ3) is 1.83. The van der Waals surface area contributed by atoms with Crippen molar-refractivity contribution in [1.82, 2.24) is 0 Å². The van der Waals surface area contributed by atoms with Gasteiger partial charge < -0.3 is 5.11 Å². The van der Waals surface area contributed by atoms with E-state index in [1.165, 1.54) is 0 Å². The molecular formula is C11H7F2NO4. The third-order valence-electron chi connectivity index (χ3n) is 2.55. The summed E-state index contributed by atoms with van der Waals surface area (Å²) in [6.07, 6.45) is -0.0501. The number of nitrogens with zero attached hydrogens (tertiary/aromatic N) is 1. The van der Waals surface area contributed by atoms with Crippen molar-refractivity contribution < 1.29 is 28.3 Å². The van der Waals surface area contributed by atoms with Gasteiger partial charge in [-0.05, 0) is 12.1 Å². The van der Waals surface area contributed by atoms with Crippen LogP contribution in [0.25, 0.3) is 0 Å². The minimum Gasteiger partial charge on any atom is -0.477 e. The van der Waals surface area contributed by atoms with Crippen LogP contribution < -0.4 is 4.90 Å². The average molecular weight is 255 g/mol. The molecule has 0 aromatic heterocycles. The Balaban J connectivity index is 2.51. The van der Waals surface area contributed by atoms with Crippen LogP contribution in [0.2, 0.25) is 0 Å². The fourth-order valence-electron chi connectivity index (χ4n) is 1.76. The number of hydrogen-bond acceptors (Lipinski definition) is 3. The first-order chi connectivity index (χ1) is 8.41. The van der Waals surface area contributed by atoms with Crippen LogP contribution in [-0.4, -0.2) is 22.9 Å². The molecule has 1 aromatic carbocycles. The van der Waals surface area contributed by atoms with Crippen molar-refractivity contribution in [1.29, 1.82) is 0 Å². The topological polar surface area (TPSA) is 74.7 Å². The van der Waals surface area contributed by atoms with E-state index in [1.54, 1.807) is 0 Å². The number of anilines is 1. The standard InChI is InChI=1S/C11H7F2NO4/c12-6-3-5(4-7(13)10(6)11(17)18)14-8(15)1-2-9(14)16/h3-4H,1-2H2,(H,17,18). The minimum absolute atomic E-state index is 0.0250. The van der Waals surface area contributed by atoms with E-state index in [9.17, 15) is 23.2 Å². The van der Waals surface area contributed by atoms with Crippen molar-refractivity contribution in [3.8, 4) is 0 Å². The molecule has 7 heteroatoms. The molecule has 1 N–H and O–H groups in total. The predicted octanol–water partition coefficient (Wildman–Crippen LogP) is 1.32. The highest BCUT2D eigenvalue weighted by molar-refractivity contribution is 6.19. The first kappa shape index (κ1) is 12.2. The Bertz CT molecular complexity index is 531. The van der Waals surface area contributed by atoms with Crippen LogP contribution in [0.3, 0.4) is 0 Å². The highest BCUT2D eigenvalue weighted by Crippen LogP contribution is 2.26. The van der Waals surface area contributed by atoms with Gasteiger partial charge in [-0.15, -0.1) is 0 Å². The van der Waals surface area contributed by atoms with Gasteiger partial charge in [-0.1, -0.05) is 0 Å². The van der Waals surface area contributed by atoms with Crippen molar-refractivity contribution >= 4 is 23.5 Å². The molecule has 0 spiro atoms. The largest absolute Gasteiger partial charge is 0.477 e. The number of carboxylic acids is 1. The third-order valence-corrected chi connectivity index (χ3v) is 2.55. The monoisotopic (exact) mass is 255 g/mol. The summed E-state index contributed by atoms with van der Waals surface area (Å²) in [6, 6.07) is 1.32. The van der Waals surface area contributed by atoms with Gasteiger partial charge in [0.1, 0.15) is 17.2 Å². The Kier molecular flexibility index (Phi) is 2.82. The van der Waals surface area contributed by atoms with Gasteiger partial charge >= 0.3 is 5.97 Å². The van der Waals surface area contributed by atoms with Gasteiger partial charge in [-0.25, -0.2) is 13.6 Å². The lowest BCUT2D eigenvalue weighted by atomic mass is 10.1. The summed E-state index contributed by atoms with van der Waals surface area (Å²) in [6.45, 7) is 0. The number of imide groups is 1. The number of aromatic carboxylic acids is 1. The molecule has 1 heterocycles. The van der Waals surface area contributed by atoms with E-state index < -0.39 is 35.0 Å². The van der Waals surface area contributed by atoms with E-state index in [1.807, 2.05) is 0 Å². The zero-order valence-corrected chi connectivity index (χ0v) is 8.94. The molecule has 1 aliphatic rings. The summed E-state index contributed by atoms with van der Waals surface area (Å²) in [7, 11) is 0. The molecule has 0 unspecified atom stereocenters. The fraction of sp³-hybridized carbons (Fsp3) is 0.182. The SMILES string of the molecule is O=C(O)c1c(F)cc(N2C(=O)CCC2=O)cc1F. The molecule has 1 saturated heterocycles. The van der Waals surface area contributed by atoms with Crippen molar-refractivity contribution in [3.05, 3.63) is 29.3 Å². The van der Waals surface area contributed by atoms with Gasteiger partial charge in [0, 0.05) is 12.8 Å². The number of halogens is 2. The second-order valence-electron chi connectivity index (χ2n) is 3.71. The van der Waals surface area contributed by atoms with Crippen molar-refractivity contribution in [2.45, 2.75) is 12.8 Å². The molecule has 1 fully saturated rings. The zero-order chi connectivity index (χ0) is 13.4. The first-order valence-corrected chi connectivity index (χ1v) is 5.00. The summed E-state index contributed by atoms with van der Waals surface area (Å²) in [5, 5.41) is 8.58. The maximum Gasteiger partial charge on any atom is 0.341 e. The van der Waals surface area contributed by atoms with E-state index in [2.05, 4.69) is 0 Å². The van der Waals surface area contributed by atoms with E-state index >= 15 is 0 Å². The molecule has 0 bridgehead atoms. The smallest absolute Gasteiger partial charge is 0.341 e. The molecule has 94 valence electrons. The maximum absolute atomic E-state index is 13.4. The molecule has 2 amide bonds. The molecular weight excluding hydrogens is 248 g/mol. The van der Waals surface area contributed by atoms with Gasteiger partial charge in [0.15, 0.2) is 0 Å². The van der Waals surface area contributed by atoms with Crippen LogP contribution in [0.5, 0.6) is 0 Å². The fourth-order valence-corrected chi connectivity index (χ4v) is 1.76. The molecule has 18 heavy (non-hydrogen) atoms. The summed E-state index contributed by atoms with van der Waals surface area (Å²) < 4.78 is 26.8. The molecule has 0 radical (unpaired) electrons. The van der Waals surface area contributed by atoms with Gasteiger partial charge in [-0.2, -0.15) is 0 Å². The Morgan fingerprint density at radius 1 is 1.11 bits per heavy atom. The van der Waals surface area contributed by atoms with Crippen molar-refractivity contribution in [2.75, 3.05) is 4.90 Å². The van der Waals surface area contributed by atoms with E-state index in [4.69, 9.17) is 5.11 Å². The van der Waals surface area contributed by atoms with Crippen LogP contribution in [0, 0.1) is 11.6 Å². The Morgan fingerprint density at radius 2 is 1.56 bits per heavy atom. The molecule has 0 atom stereocenters. The second-order valence-corrected chi connectivity index (χ2v) is 3.71. The number of benzene rings is 1. The number of amides is 2. The maximum atomic E-state index is 13.4. The highest BCUT2D eigenvalue weighted by atomic mass is 19.1. The summed E-state index contributed by atoms with van der Waals surface area (Å²) in [5.41, 5.74) is -1.40. The second kappa shape index (κ2) is 4.17. The van der Waals surface area contributed by atoms with Crippen LogP contribution in [-0.2, 0) is 9.59 Å². The van der Waals surface area contributed by atoms with Crippen molar-refractivity contribution in [3.63, 3.8) is 0 Å². The van der Waals surface area contributed by atoms with Crippen LogP contribution in [0.15, 0.2) is 12.1 Å². The van der Waals surface area contributed by atoms with Crippen molar-refractivity contribution in [2.24, 2.45) is 0 Å². The first-order valence-electron chi connectivity index (χ1n) is 5.00. The summed E-state index contributed by atoms with van der Waals surface area (Å²) >= 11 is 0. The number of carbonyl (C=O) groups excluding carboxylic acids is 2. The number of carbonyl (C=O) groups is 3. The lowest BCUT2D eigenvalue weighted by Gasteiger charge is -2.14. The Morgan fingerprint density at radius 3 is 1.94 bits per heavy atom. The Hall–Kier alpha value is -2.31. The quantitative estimate of drug-likeness (QED) is 0.808. The van der Waals surface area contributed by atoms with E-state index in [0.717, 1.165) is 0 Å². The summed E-state index contributed by atoms with van der Waals surface area (Å²) in [4.78, 5) is 34.0. The lowest BCUT2D eigenvalue weighted by Crippen LogP contribution is -2.29. The van der Waals surface area contributed by atoms with Gasteiger partial charge in [0.25, 0.3) is 0 Å². The highest BCUT2D eigenvalue weighted by Gasteiger charge is 2.32. The molecule has 2 rings (SSSR count). The van der Waals surface area contributed by atoms with Crippen LogP contribution >= 0.6 is 0 Å². The predicted molar refractivity (Wildman–Crippen MR) is 55.0 cm³/mol. The molecule has 0 aliphatic carbocycles. The van der Waals surface area contributed by atoms with Gasteiger partial charge in [0.2, 0.25) is 11.8 Å². The van der Waals surface area contributed by atoms with E-state index in [0.29, 0.717) is 17.0 Å². The van der Waals surface area contributed by atoms with Crippen LogP contribution in [0.1, 0.15) is 23.2 Å².